The summed E-state index contributed by atoms with van der Waals surface area (Å²) >= 11 is 1.25. The Bertz CT molecular complexity index is 1480. The van der Waals surface area contributed by atoms with Crippen LogP contribution in [-0.2, 0) is 11.3 Å². The third-order valence-corrected chi connectivity index (χ3v) is 6.29. The lowest BCUT2D eigenvalue weighted by Gasteiger charge is -2.22. The summed E-state index contributed by atoms with van der Waals surface area (Å²) in [5.41, 5.74) is 3.38. The zero-order valence-electron chi connectivity index (χ0n) is 19.1. The van der Waals surface area contributed by atoms with Crippen molar-refractivity contribution in [1.29, 1.82) is 5.26 Å². The summed E-state index contributed by atoms with van der Waals surface area (Å²) < 4.78 is 3.32. The number of hydrogen-bond donors (Lipinski definition) is 0. The number of carbonyl (C=O) groups is 1. The minimum Gasteiger partial charge on any atom is -0.311 e. The van der Waals surface area contributed by atoms with Crippen molar-refractivity contribution in [3.05, 3.63) is 76.6 Å². The number of aryl methyl sites for hydroxylation is 2. The summed E-state index contributed by atoms with van der Waals surface area (Å²) in [6.45, 7) is 8.30. The molecule has 0 unspecified atom stereocenters. The highest BCUT2D eigenvalue weighted by Gasteiger charge is 2.20. The van der Waals surface area contributed by atoms with E-state index in [0.717, 1.165) is 16.8 Å². The molecule has 2 aromatic heterocycles. The molecule has 2 aromatic carbocycles. The Morgan fingerprint density at radius 3 is 2.65 bits per heavy atom. The van der Waals surface area contributed by atoms with Crippen LogP contribution in [-0.4, -0.2) is 37.4 Å². The summed E-state index contributed by atoms with van der Waals surface area (Å²) in [7, 11) is 0. The largest absolute Gasteiger partial charge is 0.311 e. The molecule has 1 amide bonds. The van der Waals surface area contributed by atoms with Crippen molar-refractivity contribution < 1.29 is 4.79 Å². The maximum atomic E-state index is 13.3. The normalized spacial score (nSPS) is 11.0. The fraction of sp³-hybridized carbons (Fsp3) is 0.240. The Hall–Kier alpha value is -3.90. The molecular formula is C25H24N6O2S. The number of carbonyl (C=O) groups excluding carboxylic acids is 1. The smallest absolute Gasteiger partial charge is 0.263 e. The molecule has 0 saturated heterocycles. The molecule has 4 aromatic rings. The lowest BCUT2D eigenvalue weighted by atomic mass is 10.1. The number of hydrogen-bond acceptors (Lipinski definition) is 6. The predicted octanol–water partition coefficient (Wildman–Crippen LogP) is 3.89. The Morgan fingerprint density at radius 1 is 1.21 bits per heavy atom. The average molecular weight is 473 g/mol. The van der Waals surface area contributed by atoms with E-state index in [4.69, 9.17) is 5.26 Å². The number of amides is 1. The molecule has 0 fully saturated rings. The summed E-state index contributed by atoms with van der Waals surface area (Å²) in [6, 6.07) is 15.3. The summed E-state index contributed by atoms with van der Waals surface area (Å²) in [6.07, 6.45) is 1.87. The first kappa shape index (κ1) is 23.3. The standard InChI is InChI=1S/C25H24N6O2S/c1-4-11-30-23(33)20-8-5-6-9-21(20)31-24(30)27-28-25(31)34-16-22(32)29(12-7-10-26)19-14-17(2)13-18(3)15-19/h4-6,8-9,13-15H,1,7,11-12,16H2,2-3H3. The van der Waals surface area contributed by atoms with E-state index in [1.165, 1.54) is 16.3 Å². The SMILES string of the molecule is C=CCn1c(=O)c2ccccc2n2c(SCC(=O)N(CCC#N)c3cc(C)cc(C)c3)nnc12. The van der Waals surface area contributed by atoms with Gasteiger partial charge >= 0.3 is 0 Å². The summed E-state index contributed by atoms with van der Waals surface area (Å²) in [4.78, 5) is 27.9. The molecule has 172 valence electrons. The van der Waals surface area contributed by atoms with Gasteiger partial charge in [-0.3, -0.25) is 18.6 Å². The minimum atomic E-state index is -0.166. The van der Waals surface area contributed by atoms with Gasteiger partial charge in [-0.05, 0) is 49.2 Å². The van der Waals surface area contributed by atoms with Crippen LogP contribution in [0.5, 0.6) is 0 Å². The van der Waals surface area contributed by atoms with Crippen LogP contribution in [0, 0.1) is 25.2 Å². The fourth-order valence-electron chi connectivity index (χ4n) is 3.99. The Balaban J connectivity index is 1.70. The van der Waals surface area contributed by atoms with Crippen molar-refractivity contribution in [3.63, 3.8) is 0 Å². The number of fused-ring (bicyclic) bond motifs is 3. The molecule has 8 nitrogen and oxygen atoms in total. The number of nitriles is 1. The van der Waals surface area contributed by atoms with Crippen molar-refractivity contribution in [2.24, 2.45) is 0 Å². The van der Waals surface area contributed by atoms with Crippen molar-refractivity contribution >= 4 is 40.0 Å². The van der Waals surface area contributed by atoms with Crippen LogP contribution < -0.4 is 10.5 Å². The van der Waals surface area contributed by atoms with E-state index in [9.17, 15) is 9.59 Å². The molecule has 0 spiro atoms. The second-order valence-corrected chi connectivity index (χ2v) is 8.87. The van der Waals surface area contributed by atoms with Crippen LogP contribution in [0.2, 0.25) is 0 Å². The Kier molecular flexibility index (Phi) is 6.80. The number of nitrogens with zero attached hydrogens (tertiary/aromatic N) is 6. The number of para-hydroxylation sites is 1. The second-order valence-electron chi connectivity index (χ2n) is 7.93. The molecule has 0 aliphatic heterocycles. The zero-order chi connectivity index (χ0) is 24.2. The molecule has 34 heavy (non-hydrogen) atoms. The van der Waals surface area contributed by atoms with Gasteiger partial charge in [0, 0.05) is 18.8 Å². The van der Waals surface area contributed by atoms with Crippen LogP contribution in [0.15, 0.2) is 65.1 Å². The van der Waals surface area contributed by atoms with E-state index < -0.39 is 0 Å². The van der Waals surface area contributed by atoms with Crippen LogP contribution in [0.3, 0.4) is 0 Å². The van der Waals surface area contributed by atoms with Crippen molar-refractivity contribution in [1.82, 2.24) is 19.2 Å². The Morgan fingerprint density at radius 2 is 1.94 bits per heavy atom. The summed E-state index contributed by atoms with van der Waals surface area (Å²) in [5.74, 6) is 0.369. The van der Waals surface area contributed by atoms with Crippen molar-refractivity contribution in [3.8, 4) is 6.07 Å². The van der Waals surface area contributed by atoms with Gasteiger partial charge in [-0.25, -0.2) is 0 Å². The van der Waals surface area contributed by atoms with Crippen LogP contribution in [0.1, 0.15) is 17.5 Å². The van der Waals surface area contributed by atoms with E-state index in [1.807, 2.05) is 50.2 Å². The van der Waals surface area contributed by atoms with Gasteiger partial charge in [-0.2, -0.15) is 5.26 Å². The molecule has 0 radical (unpaired) electrons. The maximum absolute atomic E-state index is 13.3. The van der Waals surface area contributed by atoms with E-state index in [1.54, 1.807) is 21.4 Å². The molecule has 2 heterocycles. The number of anilines is 1. The molecule has 0 bridgehead atoms. The van der Waals surface area contributed by atoms with Gasteiger partial charge in [0.1, 0.15) is 0 Å². The summed E-state index contributed by atoms with van der Waals surface area (Å²) in [5, 5.41) is 18.7. The quantitative estimate of drug-likeness (QED) is 0.285. The highest BCUT2D eigenvalue weighted by molar-refractivity contribution is 7.99. The fourth-order valence-corrected chi connectivity index (χ4v) is 4.81. The number of aromatic nitrogens is 4. The predicted molar refractivity (Wildman–Crippen MR) is 134 cm³/mol. The molecule has 0 aliphatic carbocycles. The molecule has 0 aliphatic rings. The first-order valence-corrected chi connectivity index (χ1v) is 11.8. The van der Waals surface area contributed by atoms with Crippen LogP contribution in [0.25, 0.3) is 16.7 Å². The third-order valence-electron chi connectivity index (χ3n) is 5.38. The topological polar surface area (TPSA) is 96.3 Å². The second kappa shape index (κ2) is 9.93. The first-order valence-electron chi connectivity index (χ1n) is 10.8. The Labute approximate surface area is 201 Å². The number of thioether (sulfide) groups is 1. The third kappa shape index (κ3) is 4.45. The van der Waals surface area contributed by atoms with E-state index >= 15 is 0 Å². The van der Waals surface area contributed by atoms with Gasteiger partial charge in [0.2, 0.25) is 11.7 Å². The number of allylic oxidation sites excluding steroid dienone is 1. The van der Waals surface area contributed by atoms with Gasteiger partial charge in [0.25, 0.3) is 5.56 Å². The van der Waals surface area contributed by atoms with Crippen LogP contribution in [0.4, 0.5) is 5.69 Å². The van der Waals surface area contributed by atoms with Gasteiger partial charge in [-0.1, -0.05) is 36.0 Å². The molecule has 0 atom stereocenters. The highest BCUT2D eigenvalue weighted by atomic mass is 32.2. The van der Waals surface area contributed by atoms with E-state index in [2.05, 4.69) is 22.8 Å². The van der Waals surface area contributed by atoms with Crippen molar-refractivity contribution in [2.45, 2.75) is 32.0 Å². The van der Waals surface area contributed by atoms with E-state index in [-0.39, 0.29) is 23.6 Å². The minimum absolute atomic E-state index is 0.105. The van der Waals surface area contributed by atoms with Gasteiger partial charge in [-0.15, -0.1) is 16.8 Å². The van der Waals surface area contributed by atoms with Gasteiger partial charge < -0.3 is 4.90 Å². The lowest BCUT2D eigenvalue weighted by Crippen LogP contribution is -2.33. The first-order chi connectivity index (χ1) is 16.4. The molecular weight excluding hydrogens is 448 g/mol. The maximum Gasteiger partial charge on any atom is 0.263 e. The highest BCUT2D eigenvalue weighted by Crippen LogP contribution is 2.24. The number of benzene rings is 2. The van der Waals surface area contributed by atoms with Crippen LogP contribution >= 0.6 is 11.8 Å². The molecule has 9 heteroatoms. The monoisotopic (exact) mass is 472 g/mol. The average Bonchev–Trinajstić information content (AvgIpc) is 3.24. The van der Waals surface area contributed by atoms with E-state index in [0.29, 0.717) is 34.9 Å². The number of rotatable bonds is 8. The zero-order valence-corrected chi connectivity index (χ0v) is 19.9. The lowest BCUT2D eigenvalue weighted by molar-refractivity contribution is -0.116. The molecule has 0 saturated carbocycles. The van der Waals surface area contributed by atoms with Gasteiger partial charge in [0.15, 0.2) is 5.16 Å². The molecule has 0 N–H and O–H groups in total. The van der Waals surface area contributed by atoms with Crippen molar-refractivity contribution in [2.75, 3.05) is 17.2 Å². The van der Waals surface area contributed by atoms with Gasteiger partial charge in [0.05, 0.1) is 29.1 Å². The molecule has 4 rings (SSSR count).